The SMILES string of the molecule is CCC(C)CN1CCc2c(C)cccc2C1.CCCC. The Morgan fingerprint density at radius 1 is 1.15 bits per heavy atom. The van der Waals surface area contributed by atoms with E-state index in [9.17, 15) is 0 Å². The number of aryl methyl sites for hydroxylation is 1. The second-order valence-corrected chi connectivity index (χ2v) is 6.21. The second kappa shape index (κ2) is 9.18. The number of unbranched alkanes of at least 4 members (excludes halogenated alkanes) is 1. The van der Waals surface area contributed by atoms with Crippen molar-refractivity contribution in [2.24, 2.45) is 5.92 Å². The van der Waals surface area contributed by atoms with Crippen molar-refractivity contribution in [2.45, 2.75) is 66.8 Å². The van der Waals surface area contributed by atoms with Gasteiger partial charge in [0.15, 0.2) is 0 Å². The highest BCUT2D eigenvalue weighted by atomic mass is 15.1. The van der Waals surface area contributed by atoms with Gasteiger partial charge in [-0.3, -0.25) is 4.90 Å². The summed E-state index contributed by atoms with van der Waals surface area (Å²) < 4.78 is 0. The van der Waals surface area contributed by atoms with E-state index in [0.717, 1.165) is 12.5 Å². The summed E-state index contributed by atoms with van der Waals surface area (Å²) in [7, 11) is 0. The van der Waals surface area contributed by atoms with E-state index in [1.807, 2.05) is 0 Å². The van der Waals surface area contributed by atoms with Crippen molar-refractivity contribution in [2.75, 3.05) is 13.1 Å². The first kappa shape index (κ1) is 17.2. The first-order valence-corrected chi connectivity index (χ1v) is 8.41. The molecule has 0 saturated heterocycles. The summed E-state index contributed by atoms with van der Waals surface area (Å²) in [5.41, 5.74) is 4.62. The number of nitrogens with zero attached hydrogens (tertiary/aromatic N) is 1. The molecule has 1 aromatic rings. The molecule has 0 saturated carbocycles. The summed E-state index contributed by atoms with van der Waals surface area (Å²) in [6.45, 7) is 14.9. The van der Waals surface area contributed by atoms with Gasteiger partial charge in [-0.2, -0.15) is 0 Å². The highest BCUT2D eigenvalue weighted by Gasteiger charge is 2.18. The van der Waals surface area contributed by atoms with Crippen LogP contribution in [0.25, 0.3) is 0 Å². The predicted molar refractivity (Wildman–Crippen MR) is 90.2 cm³/mol. The average molecular weight is 275 g/mol. The van der Waals surface area contributed by atoms with Crippen LogP contribution in [0, 0.1) is 12.8 Å². The van der Waals surface area contributed by atoms with E-state index in [0.29, 0.717) is 0 Å². The molecule has 0 amide bonds. The molecule has 0 radical (unpaired) electrons. The van der Waals surface area contributed by atoms with E-state index < -0.39 is 0 Å². The van der Waals surface area contributed by atoms with Crippen LogP contribution in [-0.4, -0.2) is 18.0 Å². The molecule has 0 aliphatic carbocycles. The summed E-state index contributed by atoms with van der Waals surface area (Å²) in [5, 5.41) is 0. The van der Waals surface area contributed by atoms with Gasteiger partial charge in [0.2, 0.25) is 0 Å². The van der Waals surface area contributed by atoms with Gasteiger partial charge in [-0.1, -0.05) is 65.2 Å². The smallest absolute Gasteiger partial charge is 0.0236 e. The van der Waals surface area contributed by atoms with Crippen molar-refractivity contribution in [1.82, 2.24) is 4.90 Å². The summed E-state index contributed by atoms with van der Waals surface area (Å²) in [4.78, 5) is 2.61. The number of fused-ring (bicyclic) bond motifs is 1. The van der Waals surface area contributed by atoms with Crippen molar-refractivity contribution in [3.8, 4) is 0 Å². The molecule has 0 spiro atoms. The molecule has 114 valence electrons. The number of hydrogen-bond acceptors (Lipinski definition) is 1. The van der Waals surface area contributed by atoms with Crippen LogP contribution in [-0.2, 0) is 13.0 Å². The number of benzene rings is 1. The molecule has 1 heteroatoms. The first-order valence-electron chi connectivity index (χ1n) is 8.41. The van der Waals surface area contributed by atoms with Crippen LogP contribution in [0.15, 0.2) is 18.2 Å². The fraction of sp³-hybridized carbons (Fsp3) is 0.684. The Bertz CT molecular complexity index is 381. The van der Waals surface area contributed by atoms with Gasteiger partial charge >= 0.3 is 0 Å². The normalized spacial score (nSPS) is 16.1. The highest BCUT2D eigenvalue weighted by Crippen LogP contribution is 2.22. The Kier molecular flexibility index (Phi) is 7.91. The lowest BCUT2D eigenvalue weighted by Gasteiger charge is -2.31. The second-order valence-electron chi connectivity index (χ2n) is 6.21. The van der Waals surface area contributed by atoms with E-state index in [-0.39, 0.29) is 0 Å². The highest BCUT2D eigenvalue weighted by molar-refractivity contribution is 5.36. The van der Waals surface area contributed by atoms with Gasteiger partial charge in [0.1, 0.15) is 0 Å². The van der Waals surface area contributed by atoms with E-state index in [4.69, 9.17) is 0 Å². The molecule has 2 rings (SSSR count). The largest absolute Gasteiger partial charge is 0.298 e. The maximum absolute atomic E-state index is 2.61. The van der Waals surface area contributed by atoms with E-state index in [1.165, 1.54) is 44.3 Å². The van der Waals surface area contributed by atoms with Gasteiger partial charge in [0, 0.05) is 19.6 Å². The third-order valence-corrected chi connectivity index (χ3v) is 4.35. The molecule has 1 atom stereocenters. The fourth-order valence-electron chi connectivity index (χ4n) is 2.58. The van der Waals surface area contributed by atoms with E-state index >= 15 is 0 Å². The van der Waals surface area contributed by atoms with Crippen molar-refractivity contribution >= 4 is 0 Å². The molecule has 0 N–H and O–H groups in total. The Morgan fingerprint density at radius 3 is 2.45 bits per heavy atom. The maximum Gasteiger partial charge on any atom is 0.0236 e. The zero-order chi connectivity index (χ0) is 15.0. The van der Waals surface area contributed by atoms with Gasteiger partial charge < -0.3 is 0 Å². The van der Waals surface area contributed by atoms with Crippen LogP contribution < -0.4 is 0 Å². The number of hydrogen-bond donors (Lipinski definition) is 0. The topological polar surface area (TPSA) is 3.24 Å². The Morgan fingerprint density at radius 2 is 1.85 bits per heavy atom. The summed E-state index contributed by atoms with van der Waals surface area (Å²) in [6, 6.07) is 6.73. The van der Waals surface area contributed by atoms with E-state index in [1.54, 1.807) is 11.1 Å². The predicted octanol–water partition coefficient (Wildman–Crippen LogP) is 5.21. The zero-order valence-corrected chi connectivity index (χ0v) is 14.2. The Labute approximate surface area is 126 Å². The van der Waals surface area contributed by atoms with Crippen molar-refractivity contribution in [1.29, 1.82) is 0 Å². The first-order chi connectivity index (χ1) is 9.62. The molecule has 1 aliphatic heterocycles. The Hall–Kier alpha value is -0.820. The van der Waals surface area contributed by atoms with Crippen LogP contribution in [0.2, 0.25) is 0 Å². The molecule has 20 heavy (non-hydrogen) atoms. The third-order valence-electron chi connectivity index (χ3n) is 4.35. The number of rotatable bonds is 4. The molecule has 0 bridgehead atoms. The lowest BCUT2D eigenvalue weighted by atomic mass is 9.94. The maximum atomic E-state index is 2.61. The molecule has 0 aromatic heterocycles. The van der Waals surface area contributed by atoms with E-state index in [2.05, 4.69) is 57.7 Å². The molecule has 1 aliphatic rings. The standard InChI is InChI=1S/C15H23N.C4H10/c1-4-12(2)10-16-9-8-15-13(3)6-5-7-14(15)11-16;1-3-4-2/h5-7,12H,4,8-11H2,1-3H3;3-4H2,1-2H3. The molecular formula is C19H33N. The molecular weight excluding hydrogens is 242 g/mol. The zero-order valence-electron chi connectivity index (χ0n) is 14.2. The van der Waals surface area contributed by atoms with Crippen molar-refractivity contribution in [3.63, 3.8) is 0 Å². The summed E-state index contributed by atoms with van der Waals surface area (Å²) >= 11 is 0. The minimum atomic E-state index is 0.825. The van der Waals surface area contributed by atoms with Crippen molar-refractivity contribution < 1.29 is 0 Å². The monoisotopic (exact) mass is 275 g/mol. The minimum Gasteiger partial charge on any atom is -0.298 e. The van der Waals surface area contributed by atoms with Crippen LogP contribution in [0.1, 0.15) is 63.6 Å². The quantitative estimate of drug-likeness (QED) is 0.729. The lowest BCUT2D eigenvalue weighted by Crippen LogP contribution is -2.34. The fourth-order valence-corrected chi connectivity index (χ4v) is 2.58. The lowest BCUT2D eigenvalue weighted by molar-refractivity contribution is 0.217. The van der Waals surface area contributed by atoms with Crippen LogP contribution in [0.3, 0.4) is 0 Å². The van der Waals surface area contributed by atoms with Gasteiger partial charge in [-0.15, -0.1) is 0 Å². The summed E-state index contributed by atoms with van der Waals surface area (Å²) in [6.07, 6.45) is 5.16. The van der Waals surface area contributed by atoms with Crippen molar-refractivity contribution in [3.05, 3.63) is 34.9 Å². The molecule has 1 unspecified atom stereocenters. The van der Waals surface area contributed by atoms with Crippen LogP contribution in [0.5, 0.6) is 0 Å². The molecule has 1 heterocycles. The van der Waals surface area contributed by atoms with Gasteiger partial charge in [0.05, 0.1) is 0 Å². The molecule has 1 aromatic carbocycles. The third kappa shape index (κ3) is 5.28. The average Bonchev–Trinajstić information content (AvgIpc) is 2.47. The van der Waals surface area contributed by atoms with Crippen LogP contribution in [0.4, 0.5) is 0 Å². The molecule has 1 nitrogen and oxygen atoms in total. The van der Waals surface area contributed by atoms with Gasteiger partial charge in [0.25, 0.3) is 0 Å². The van der Waals surface area contributed by atoms with Gasteiger partial charge in [-0.05, 0) is 36.0 Å². The minimum absolute atomic E-state index is 0.825. The van der Waals surface area contributed by atoms with Crippen LogP contribution >= 0.6 is 0 Å². The summed E-state index contributed by atoms with van der Waals surface area (Å²) in [5.74, 6) is 0.825. The Balaban J connectivity index is 0.000000444. The van der Waals surface area contributed by atoms with Gasteiger partial charge in [-0.25, -0.2) is 0 Å². The molecule has 0 fully saturated rings.